The van der Waals surface area contributed by atoms with Gasteiger partial charge in [-0.25, -0.2) is 0 Å². The molecule has 1 aromatic rings. The van der Waals surface area contributed by atoms with E-state index >= 15 is 0 Å². The van der Waals surface area contributed by atoms with Crippen LogP contribution < -0.4 is 15.6 Å². The summed E-state index contributed by atoms with van der Waals surface area (Å²) < 4.78 is 4.88. The van der Waals surface area contributed by atoms with Gasteiger partial charge in [0, 0.05) is 5.56 Å². The van der Waals surface area contributed by atoms with Gasteiger partial charge in [-0.1, -0.05) is 0 Å². The second-order valence-corrected chi connectivity index (χ2v) is 2.05. The molecule has 3 heteroatoms. The second-order valence-electron chi connectivity index (χ2n) is 2.05. The van der Waals surface area contributed by atoms with Crippen LogP contribution in [-0.4, -0.2) is 6.61 Å². The minimum Gasteiger partial charge on any atom is -0.489 e. The predicted octanol–water partition coefficient (Wildman–Crippen LogP) is -0.0103. The van der Waals surface area contributed by atoms with Crippen LogP contribution in [0.25, 0.3) is 0 Å². The summed E-state index contributed by atoms with van der Waals surface area (Å²) in [5.74, 6) is 0.243. The molecule has 54 valence electrons. The largest absolute Gasteiger partial charge is 0.489 e. The Kier molecular flexibility index (Phi) is 1.57. The van der Waals surface area contributed by atoms with Crippen LogP contribution >= 0.6 is 0 Å². The molecule has 0 aliphatic heterocycles. The van der Waals surface area contributed by atoms with Crippen molar-refractivity contribution in [3.63, 3.8) is 0 Å². The minimum absolute atomic E-state index is 0.243. The smallest absolute Gasteiger partial charge is 0.268 e. The molecule has 0 radical (unpaired) electrons. The molecule has 0 atom stereocenters. The Morgan fingerprint density at radius 3 is 2.30 bits per heavy atom. The lowest BCUT2D eigenvalue weighted by Gasteiger charge is -2.05. The molecule has 0 bridgehead atoms. The van der Waals surface area contributed by atoms with Crippen molar-refractivity contribution in [1.29, 1.82) is 0 Å². The van der Waals surface area contributed by atoms with Crippen LogP contribution in [0, 0.1) is 6.92 Å². The average Bonchev–Trinajstić information content (AvgIpc) is 1.98. The molecular weight excluding hydrogens is 132 g/mol. The van der Waals surface area contributed by atoms with Gasteiger partial charge in [0.15, 0.2) is 5.75 Å². The molecule has 0 N–H and O–H groups in total. The van der Waals surface area contributed by atoms with Gasteiger partial charge in [-0.2, -0.15) is 0 Å². The number of hydrogen-bond acceptors (Lipinski definition) is 3. The molecule has 0 aliphatic carbocycles. The molecular formula is C7H8O3. The maximum Gasteiger partial charge on any atom is 0.268 e. The first-order valence-corrected chi connectivity index (χ1v) is 3.11. The van der Waals surface area contributed by atoms with E-state index in [-0.39, 0.29) is 5.75 Å². The van der Waals surface area contributed by atoms with Crippen molar-refractivity contribution in [2.75, 3.05) is 6.61 Å². The fraction of sp³-hybridized carbons (Fsp3) is 0.429. The van der Waals surface area contributed by atoms with E-state index in [4.69, 9.17) is 4.74 Å². The Bertz CT molecular complexity index is 304. The number of ether oxygens (including phenoxy) is 1. The predicted molar refractivity (Wildman–Crippen MR) is 37.3 cm³/mol. The van der Waals surface area contributed by atoms with E-state index in [0.29, 0.717) is 12.2 Å². The maximum atomic E-state index is 10.6. The third-order valence-electron chi connectivity index (χ3n) is 1.38. The Hall–Kier alpha value is -1.12. The molecule has 0 heterocycles. The van der Waals surface area contributed by atoms with Gasteiger partial charge in [0.25, 0.3) is 5.43 Å². The SMILES string of the molecule is CCOc1c(C)c(=O)c1=O. The normalized spacial score (nSPS) is 10.2. The molecule has 0 aromatic heterocycles. The summed E-state index contributed by atoms with van der Waals surface area (Å²) in [7, 11) is 0. The van der Waals surface area contributed by atoms with E-state index < -0.39 is 10.9 Å². The van der Waals surface area contributed by atoms with Crippen molar-refractivity contribution in [2.45, 2.75) is 13.8 Å². The van der Waals surface area contributed by atoms with Gasteiger partial charge in [0.2, 0.25) is 5.43 Å². The zero-order valence-electron chi connectivity index (χ0n) is 5.93. The zero-order valence-corrected chi connectivity index (χ0v) is 5.93. The van der Waals surface area contributed by atoms with E-state index in [1.807, 2.05) is 0 Å². The van der Waals surface area contributed by atoms with Gasteiger partial charge in [-0.05, 0) is 13.8 Å². The van der Waals surface area contributed by atoms with Gasteiger partial charge in [0.1, 0.15) is 0 Å². The van der Waals surface area contributed by atoms with Crippen molar-refractivity contribution in [2.24, 2.45) is 0 Å². The van der Waals surface area contributed by atoms with E-state index in [0.717, 1.165) is 0 Å². The summed E-state index contributed by atoms with van der Waals surface area (Å²) >= 11 is 0. The van der Waals surface area contributed by atoms with Crippen molar-refractivity contribution in [3.05, 3.63) is 26.0 Å². The molecule has 0 aliphatic rings. The third kappa shape index (κ3) is 0.744. The number of rotatable bonds is 2. The molecule has 10 heavy (non-hydrogen) atoms. The first kappa shape index (κ1) is 6.99. The first-order chi connectivity index (χ1) is 4.68. The van der Waals surface area contributed by atoms with Gasteiger partial charge in [-0.3, -0.25) is 9.59 Å². The Balaban J connectivity index is 2.99. The maximum absolute atomic E-state index is 10.6. The van der Waals surface area contributed by atoms with E-state index in [1.165, 1.54) is 0 Å². The molecule has 0 saturated heterocycles. The van der Waals surface area contributed by atoms with Crippen LogP contribution in [0.3, 0.4) is 0 Å². The second kappa shape index (κ2) is 2.25. The van der Waals surface area contributed by atoms with E-state index in [1.54, 1.807) is 13.8 Å². The van der Waals surface area contributed by atoms with E-state index in [9.17, 15) is 9.59 Å². The molecule has 0 unspecified atom stereocenters. The van der Waals surface area contributed by atoms with Crippen LogP contribution in [0.4, 0.5) is 0 Å². The lowest BCUT2D eigenvalue weighted by atomic mass is 10.1. The summed E-state index contributed by atoms with van der Waals surface area (Å²) in [5.41, 5.74) is -0.449. The van der Waals surface area contributed by atoms with Crippen LogP contribution in [-0.2, 0) is 0 Å². The van der Waals surface area contributed by atoms with Crippen molar-refractivity contribution >= 4 is 0 Å². The van der Waals surface area contributed by atoms with Gasteiger partial charge < -0.3 is 4.74 Å². The summed E-state index contributed by atoms with van der Waals surface area (Å²) in [6, 6.07) is 0. The third-order valence-corrected chi connectivity index (χ3v) is 1.38. The van der Waals surface area contributed by atoms with Crippen LogP contribution in [0.1, 0.15) is 12.5 Å². The van der Waals surface area contributed by atoms with Crippen LogP contribution in [0.5, 0.6) is 5.75 Å². The van der Waals surface area contributed by atoms with Gasteiger partial charge in [0.05, 0.1) is 6.61 Å². The van der Waals surface area contributed by atoms with Crippen LogP contribution in [0.15, 0.2) is 9.59 Å². The first-order valence-electron chi connectivity index (χ1n) is 3.11. The molecule has 0 amide bonds. The summed E-state index contributed by atoms with van der Waals surface area (Å²) in [4.78, 5) is 21.2. The molecule has 0 saturated carbocycles. The summed E-state index contributed by atoms with van der Waals surface area (Å²) in [6.07, 6.45) is 0. The van der Waals surface area contributed by atoms with Gasteiger partial charge in [-0.15, -0.1) is 0 Å². The van der Waals surface area contributed by atoms with Crippen molar-refractivity contribution < 1.29 is 4.74 Å². The highest BCUT2D eigenvalue weighted by Gasteiger charge is 2.16. The molecule has 3 nitrogen and oxygen atoms in total. The monoisotopic (exact) mass is 140 g/mol. The average molecular weight is 140 g/mol. The van der Waals surface area contributed by atoms with Crippen LogP contribution in [0.2, 0.25) is 0 Å². The molecule has 0 fully saturated rings. The molecule has 1 rings (SSSR count). The standard InChI is InChI=1S/C7H8O3/c1-3-10-7-4(2)5(8)6(7)9/h3H2,1-2H3. The summed E-state index contributed by atoms with van der Waals surface area (Å²) in [5, 5.41) is 0. The fourth-order valence-electron chi connectivity index (χ4n) is 0.802. The molecule has 1 aromatic carbocycles. The lowest BCUT2D eigenvalue weighted by Crippen LogP contribution is -2.35. The highest BCUT2D eigenvalue weighted by molar-refractivity contribution is 5.37. The Labute approximate surface area is 57.9 Å². The minimum atomic E-state index is -0.487. The van der Waals surface area contributed by atoms with E-state index in [2.05, 4.69) is 0 Å². The van der Waals surface area contributed by atoms with Crippen molar-refractivity contribution in [1.82, 2.24) is 0 Å². The summed E-state index contributed by atoms with van der Waals surface area (Å²) in [6.45, 7) is 3.80. The number of hydrogen-bond donors (Lipinski definition) is 0. The highest BCUT2D eigenvalue weighted by atomic mass is 16.5. The Morgan fingerprint density at radius 1 is 1.30 bits per heavy atom. The molecule has 0 spiro atoms. The lowest BCUT2D eigenvalue weighted by molar-refractivity contribution is 0.330. The van der Waals surface area contributed by atoms with Crippen molar-refractivity contribution in [3.8, 4) is 5.75 Å². The van der Waals surface area contributed by atoms with Gasteiger partial charge >= 0.3 is 0 Å². The zero-order chi connectivity index (χ0) is 7.72. The topological polar surface area (TPSA) is 43.4 Å². The highest BCUT2D eigenvalue weighted by Crippen LogP contribution is 2.07. The quantitative estimate of drug-likeness (QED) is 0.542. The Morgan fingerprint density at radius 2 is 1.90 bits per heavy atom. The fourth-order valence-corrected chi connectivity index (χ4v) is 0.802.